The number of hydrogen-bond donors (Lipinski definition) is 1. The molecule has 2 heterocycles. The first-order chi connectivity index (χ1) is 12.5. The van der Waals surface area contributed by atoms with Gasteiger partial charge >= 0.3 is 0 Å². The number of aromatic nitrogens is 3. The first-order valence-electron chi connectivity index (χ1n) is 8.40. The minimum atomic E-state index is -0.462. The molecule has 0 saturated heterocycles. The summed E-state index contributed by atoms with van der Waals surface area (Å²) in [7, 11) is 0. The molecular weight excluding hydrogens is 352 g/mol. The predicted molar refractivity (Wildman–Crippen MR) is 101 cm³/mol. The van der Waals surface area contributed by atoms with Gasteiger partial charge in [-0.15, -0.1) is 0 Å². The maximum atomic E-state index is 12.8. The van der Waals surface area contributed by atoms with Gasteiger partial charge in [-0.3, -0.25) is 19.5 Å². The molecular formula is C18H20N4O3S. The molecule has 136 valence electrons. The molecule has 0 fully saturated rings. The number of nitrogens with zero attached hydrogens (tertiary/aromatic N) is 3. The van der Waals surface area contributed by atoms with Gasteiger partial charge in [-0.1, -0.05) is 36.0 Å². The molecule has 2 aromatic heterocycles. The third-order valence-electron chi connectivity index (χ3n) is 3.80. The van der Waals surface area contributed by atoms with Gasteiger partial charge in [0.1, 0.15) is 0 Å². The summed E-state index contributed by atoms with van der Waals surface area (Å²) in [6, 6.07) is 8.89. The summed E-state index contributed by atoms with van der Waals surface area (Å²) in [6.07, 6.45) is 0.797. The van der Waals surface area contributed by atoms with Crippen molar-refractivity contribution < 1.29 is 9.32 Å². The monoisotopic (exact) mass is 372 g/mol. The highest BCUT2D eigenvalue weighted by molar-refractivity contribution is 8.00. The maximum absolute atomic E-state index is 12.8. The van der Waals surface area contributed by atoms with E-state index in [0.717, 1.165) is 6.42 Å². The average molecular weight is 372 g/mol. The molecule has 7 nitrogen and oxygen atoms in total. The molecule has 0 saturated carbocycles. The lowest BCUT2D eigenvalue weighted by Gasteiger charge is -2.15. The Morgan fingerprint density at radius 1 is 1.38 bits per heavy atom. The number of thioether (sulfide) groups is 1. The molecule has 26 heavy (non-hydrogen) atoms. The Kier molecular flexibility index (Phi) is 5.41. The largest absolute Gasteiger partial charge is 0.338 e. The zero-order valence-corrected chi connectivity index (χ0v) is 15.7. The van der Waals surface area contributed by atoms with Crippen molar-refractivity contribution in [2.24, 2.45) is 0 Å². The molecule has 8 heteroatoms. The molecule has 0 radical (unpaired) electrons. The predicted octanol–water partition coefficient (Wildman–Crippen LogP) is 3.22. The molecule has 1 N–H and O–H groups in total. The van der Waals surface area contributed by atoms with Crippen LogP contribution in [0.15, 0.2) is 44.8 Å². The third-order valence-corrected chi connectivity index (χ3v) is 4.89. The number of nitrogens with one attached hydrogen (secondary N) is 1. The van der Waals surface area contributed by atoms with E-state index < -0.39 is 5.25 Å². The molecule has 0 aliphatic carbocycles. The highest BCUT2D eigenvalue weighted by Gasteiger charge is 2.20. The van der Waals surface area contributed by atoms with Crippen LogP contribution in [0.3, 0.4) is 0 Å². The Balaban J connectivity index is 1.87. The summed E-state index contributed by atoms with van der Waals surface area (Å²) in [4.78, 5) is 29.8. The fraction of sp³-hybridized carbons (Fsp3) is 0.333. The SMILES string of the molecule is CCCn1c(SC(C)C(=O)Nc2cc(C)no2)nc2ccccc2c1=O. The quantitative estimate of drug-likeness (QED) is 0.528. The number of benzene rings is 1. The standard InChI is InChI=1S/C18H20N4O3S/c1-4-9-22-17(24)13-7-5-6-8-14(13)19-18(22)26-12(3)16(23)20-15-10-11(2)21-25-15/h5-8,10,12H,4,9H2,1-3H3,(H,20,23). The molecule has 1 amide bonds. The number of hydrogen-bond acceptors (Lipinski definition) is 6. The fourth-order valence-electron chi connectivity index (χ4n) is 2.52. The Morgan fingerprint density at radius 3 is 2.85 bits per heavy atom. The van der Waals surface area contributed by atoms with Crippen molar-refractivity contribution in [3.8, 4) is 0 Å². The van der Waals surface area contributed by atoms with Gasteiger partial charge in [0.25, 0.3) is 5.56 Å². The molecule has 1 unspecified atom stereocenters. The molecule has 3 aromatic rings. The molecule has 0 bridgehead atoms. The lowest BCUT2D eigenvalue weighted by molar-refractivity contribution is -0.115. The van der Waals surface area contributed by atoms with E-state index in [1.807, 2.05) is 19.1 Å². The van der Waals surface area contributed by atoms with Crippen LogP contribution in [0.1, 0.15) is 26.0 Å². The van der Waals surface area contributed by atoms with Crippen LogP contribution in [-0.4, -0.2) is 25.9 Å². The normalized spacial score (nSPS) is 12.3. The molecule has 0 aliphatic heterocycles. The van der Waals surface area contributed by atoms with E-state index in [4.69, 9.17) is 4.52 Å². The molecule has 1 atom stereocenters. The molecule has 0 spiro atoms. The smallest absolute Gasteiger partial charge is 0.262 e. The van der Waals surface area contributed by atoms with Crippen molar-refractivity contribution in [1.29, 1.82) is 0 Å². The second-order valence-corrected chi connectivity index (χ2v) is 7.26. The van der Waals surface area contributed by atoms with Crippen LogP contribution < -0.4 is 10.9 Å². The minimum Gasteiger partial charge on any atom is -0.338 e. The zero-order valence-electron chi connectivity index (χ0n) is 14.9. The van der Waals surface area contributed by atoms with E-state index in [-0.39, 0.29) is 11.5 Å². The zero-order chi connectivity index (χ0) is 18.7. The average Bonchev–Trinajstić information content (AvgIpc) is 3.03. The second-order valence-electron chi connectivity index (χ2n) is 5.95. The van der Waals surface area contributed by atoms with E-state index >= 15 is 0 Å². The van der Waals surface area contributed by atoms with Crippen LogP contribution in [-0.2, 0) is 11.3 Å². The fourth-order valence-corrected chi connectivity index (χ4v) is 3.45. The summed E-state index contributed by atoms with van der Waals surface area (Å²) in [5.74, 6) is 0.0639. The summed E-state index contributed by atoms with van der Waals surface area (Å²) >= 11 is 1.25. The van der Waals surface area contributed by atoms with Crippen molar-refractivity contribution >= 4 is 34.5 Å². The highest BCUT2D eigenvalue weighted by atomic mass is 32.2. The Hall–Kier alpha value is -2.61. The lowest BCUT2D eigenvalue weighted by atomic mass is 10.2. The van der Waals surface area contributed by atoms with Gasteiger partial charge in [0.15, 0.2) is 5.16 Å². The van der Waals surface area contributed by atoms with E-state index in [1.54, 1.807) is 36.6 Å². The number of carbonyl (C=O) groups excluding carboxylic acids is 1. The van der Waals surface area contributed by atoms with Gasteiger partial charge in [-0.05, 0) is 32.4 Å². The minimum absolute atomic E-state index is 0.0848. The van der Waals surface area contributed by atoms with Gasteiger partial charge in [-0.25, -0.2) is 4.98 Å². The van der Waals surface area contributed by atoms with Gasteiger partial charge < -0.3 is 4.52 Å². The number of fused-ring (bicyclic) bond motifs is 1. The van der Waals surface area contributed by atoms with Gasteiger partial charge in [0, 0.05) is 12.6 Å². The van der Waals surface area contributed by atoms with Crippen LogP contribution >= 0.6 is 11.8 Å². The highest BCUT2D eigenvalue weighted by Crippen LogP contribution is 2.24. The Bertz CT molecular complexity index is 996. The molecule has 3 rings (SSSR count). The summed E-state index contributed by atoms with van der Waals surface area (Å²) in [5, 5.41) is 7.08. The van der Waals surface area contributed by atoms with E-state index in [0.29, 0.717) is 34.2 Å². The number of anilines is 1. The topological polar surface area (TPSA) is 90.0 Å². The lowest BCUT2D eigenvalue weighted by Crippen LogP contribution is -2.27. The van der Waals surface area contributed by atoms with E-state index in [2.05, 4.69) is 15.5 Å². The van der Waals surface area contributed by atoms with Crippen LogP contribution in [0, 0.1) is 6.92 Å². The number of amides is 1. The Labute approximate surface area is 154 Å². The van der Waals surface area contributed by atoms with E-state index in [1.165, 1.54) is 11.8 Å². The van der Waals surface area contributed by atoms with E-state index in [9.17, 15) is 9.59 Å². The first-order valence-corrected chi connectivity index (χ1v) is 9.28. The van der Waals surface area contributed by atoms with Gasteiger partial charge in [-0.2, -0.15) is 0 Å². The van der Waals surface area contributed by atoms with Crippen molar-refractivity contribution in [3.05, 3.63) is 46.4 Å². The maximum Gasteiger partial charge on any atom is 0.262 e. The number of para-hydroxylation sites is 1. The molecule has 1 aromatic carbocycles. The number of carbonyl (C=O) groups is 1. The summed E-state index contributed by atoms with van der Waals surface area (Å²) in [5.41, 5.74) is 1.23. The second kappa shape index (κ2) is 7.74. The Morgan fingerprint density at radius 2 is 2.15 bits per heavy atom. The van der Waals surface area contributed by atoms with Gasteiger partial charge in [0.2, 0.25) is 11.8 Å². The van der Waals surface area contributed by atoms with Crippen molar-refractivity contribution in [3.63, 3.8) is 0 Å². The van der Waals surface area contributed by atoms with Crippen LogP contribution in [0.25, 0.3) is 10.9 Å². The van der Waals surface area contributed by atoms with Gasteiger partial charge in [0.05, 0.1) is 21.8 Å². The van der Waals surface area contributed by atoms with Crippen molar-refractivity contribution in [2.45, 2.75) is 44.1 Å². The van der Waals surface area contributed by atoms with Crippen LogP contribution in [0.2, 0.25) is 0 Å². The summed E-state index contributed by atoms with van der Waals surface area (Å²) in [6.45, 7) is 6.09. The van der Waals surface area contributed by atoms with Crippen molar-refractivity contribution in [1.82, 2.24) is 14.7 Å². The van der Waals surface area contributed by atoms with Crippen LogP contribution in [0.5, 0.6) is 0 Å². The third kappa shape index (κ3) is 3.80. The number of aryl methyl sites for hydroxylation is 1. The first kappa shape index (κ1) is 18.2. The molecule has 0 aliphatic rings. The van der Waals surface area contributed by atoms with Crippen LogP contribution in [0.4, 0.5) is 5.88 Å². The summed E-state index contributed by atoms with van der Waals surface area (Å²) < 4.78 is 6.65. The van der Waals surface area contributed by atoms with Crippen molar-refractivity contribution in [2.75, 3.05) is 5.32 Å². The number of rotatable bonds is 6.